The van der Waals surface area contributed by atoms with Crippen LogP contribution in [0.3, 0.4) is 0 Å². The first kappa shape index (κ1) is 17.0. The van der Waals surface area contributed by atoms with E-state index >= 15 is 0 Å². The Balaban J connectivity index is 1.84. The number of para-hydroxylation sites is 2. The highest BCUT2D eigenvalue weighted by atomic mass is 16.5. The van der Waals surface area contributed by atoms with Gasteiger partial charge in [-0.05, 0) is 37.1 Å². The van der Waals surface area contributed by atoms with Gasteiger partial charge in [-0.3, -0.25) is 9.59 Å². The zero-order valence-corrected chi connectivity index (χ0v) is 15.1. The number of anilines is 1. The maximum absolute atomic E-state index is 13.4. The van der Waals surface area contributed by atoms with Gasteiger partial charge in [-0.25, -0.2) is 0 Å². The van der Waals surface area contributed by atoms with Gasteiger partial charge in [-0.2, -0.15) is 9.78 Å². The van der Waals surface area contributed by atoms with Crippen molar-refractivity contribution >= 4 is 11.6 Å². The first-order chi connectivity index (χ1) is 13.1. The first-order valence-corrected chi connectivity index (χ1v) is 8.75. The number of hydrogen-bond donors (Lipinski definition) is 0. The van der Waals surface area contributed by atoms with Crippen molar-refractivity contribution in [3.05, 3.63) is 82.3 Å². The lowest BCUT2D eigenvalue weighted by Gasteiger charge is -2.23. The second kappa shape index (κ2) is 6.72. The fourth-order valence-corrected chi connectivity index (χ4v) is 3.49. The summed E-state index contributed by atoms with van der Waals surface area (Å²) >= 11 is 0. The van der Waals surface area contributed by atoms with E-state index in [4.69, 9.17) is 4.74 Å². The summed E-state index contributed by atoms with van der Waals surface area (Å²) in [5.41, 5.74) is 2.34. The molecule has 0 spiro atoms. The molecule has 0 aliphatic carbocycles. The molecule has 0 bridgehead atoms. The van der Waals surface area contributed by atoms with Gasteiger partial charge in [-0.15, -0.1) is 0 Å². The van der Waals surface area contributed by atoms with E-state index in [1.165, 1.54) is 17.9 Å². The molecule has 3 aromatic rings. The van der Waals surface area contributed by atoms with Crippen LogP contribution in [-0.4, -0.2) is 28.8 Å². The van der Waals surface area contributed by atoms with Gasteiger partial charge in [0.2, 0.25) is 0 Å². The van der Waals surface area contributed by atoms with Gasteiger partial charge in [0.1, 0.15) is 0 Å². The SMILES string of the molecule is COc1cc(=O)n(-c2ccccc2)nc1C(=O)N1c2ccccc2C[C@H]1C. The van der Waals surface area contributed by atoms with Gasteiger partial charge in [-0.1, -0.05) is 36.4 Å². The Hall–Kier alpha value is -3.41. The first-order valence-electron chi connectivity index (χ1n) is 8.75. The number of aromatic nitrogens is 2. The predicted octanol–water partition coefficient (Wildman–Crippen LogP) is 2.83. The summed E-state index contributed by atoms with van der Waals surface area (Å²) in [6, 6.07) is 18.1. The van der Waals surface area contributed by atoms with Crippen molar-refractivity contribution in [3.63, 3.8) is 0 Å². The maximum Gasteiger partial charge on any atom is 0.282 e. The Morgan fingerprint density at radius 1 is 1.11 bits per heavy atom. The largest absolute Gasteiger partial charge is 0.494 e. The molecule has 0 radical (unpaired) electrons. The summed E-state index contributed by atoms with van der Waals surface area (Å²) in [7, 11) is 1.43. The molecule has 6 heteroatoms. The normalized spacial score (nSPS) is 15.5. The van der Waals surface area contributed by atoms with Gasteiger partial charge < -0.3 is 9.64 Å². The fourth-order valence-electron chi connectivity index (χ4n) is 3.49. The van der Waals surface area contributed by atoms with Crippen LogP contribution in [0.5, 0.6) is 5.75 Å². The number of ether oxygens (including phenoxy) is 1. The minimum Gasteiger partial charge on any atom is -0.494 e. The van der Waals surface area contributed by atoms with E-state index in [1.807, 2.05) is 49.4 Å². The van der Waals surface area contributed by atoms with Gasteiger partial charge in [0.05, 0.1) is 18.9 Å². The van der Waals surface area contributed by atoms with E-state index in [9.17, 15) is 9.59 Å². The van der Waals surface area contributed by atoms with Crippen molar-refractivity contribution in [2.45, 2.75) is 19.4 Å². The van der Waals surface area contributed by atoms with Gasteiger partial charge in [0, 0.05) is 11.7 Å². The number of methoxy groups -OCH3 is 1. The van der Waals surface area contributed by atoms with Crippen LogP contribution >= 0.6 is 0 Å². The third-order valence-corrected chi connectivity index (χ3v) is 4.75. The summed E-state index contributed by atoms with van der Waals surface area (Å²) in [4.78, 5) is 27.5. The van der Waals surface area contributed by atoms with Crippen molar-refractivity contribution < 1.29 is 9.53 Å². The topological polar surface area (TPSA) is 64.4 Å². The summed E-state index contributed by atoms with van der Waals surface area (Å²) in [5.74, 6) is -0.109. The highest BCUT2D eigenvalue weighted by Gasteiger charge is 2.34. The highest BCUT2D eigenvalue weighted by molar-refractivity contribution is 6.08. The maximum atomic E-state index is 13.4. The standard InChI is InChI=1S/C21H19N3O3/c1-14-12-15-8-6-7-11-17(15)23(14)21(26)20-18(27-2)13-19(25)24(22-20)16-9-4-3-5-10-16/h3-11,13-14H,12H2,1-2H3/t14-/m1/s1. The molecule has 0 fully saturated rings. The van der Waals surface area contributed by atoms with E-state index in [2.05, 4.69) is 5.10 Å². The van der Waals surface area contributed by atoms with Gasteiger partial charge in [0.25, 0.3) is 11.5 Å². The minimum absolute atomic E-state index is 0.00138. The Bertz CT molecular complexity index is 1060. The van der Waals surface area contributed by atoms with Crippen molar-refractivity contribution in [2.24, 2.45) is 0 Å². The van der Waals surface area contributed by atoms with E-state index in [1.54, 1.807) is 17.0 Å². The second-order valence-corrected chi connectivity index (χ2v) is 6.50. The lowest BCUT2D eigenvalue weighted by Crippen LogP contribution is -2.38. The number of amides is 1. The number of hydrogen-bond acceptors (Lipinski definition) is 4. The van der Waals surface area contributed by atoms with E-state index in [0.717, 1.165) is 17.7 Å². The number of carbonyl (C=O) groups excluding carboxylic acids is 1. The molecule has 2 heterocycles. The van der Waals surface area contributed by atoms with Crippen LogP contribution in [0.1, 0.15) is 23.0 Å². The molecular weight excluding hydrogens is 342 g/mol. The predicted molar refractivity (Wildman–Crippen MR) is 103 cm³/mol. The molecule has 2 aromatic carbocycles. The van der Waals surface area contributed by atoms with Gasteiger partial charge >= 0.3 is 0 Å². The smallest absolute Gasteiger partial charge is 0.282 e. The number of carbonyl (C=O) groups is 1. The fraction of sp³-hybridized carbons (Fsp3) is 0.190. The van der Waals surface area contributed by atoms with Crippen LogP contribution in [0.2, 0.25) is 0 Å². The highest BCUT2D eigenvalue weighted by Crippen LogP contribution is 2.33. The van der Waals surface area contributed by atoms with Crippen LogP contribution in [0, 0.1) is 0 Å². The van der Waals surface area contributed by atoms with Crippen molar-refractivity contribution in [2.75, 3.05) is 12.0 Å². The quantitative estimate of drug-likeness (QED) is 0.720. The zero-order chi connectivity index (χ0) is 19.0. The molecule has 4 rings (SSSR count). The Labute approximate surface area is 156 Å². The number of nitrogens with zero attached hydrogens (tertiary/aromatic N) is 3. The van der Waals surface area contributed by atoms with E-state index in [0.29, 0.717) is 5.69 Å². The van der Waals surface area contributed by atoms with Crippen molar-refractivity contribution in [1.29, 1.82) is 0 Å². The number of benzene rings is 2. The molecule has 6 nitrogen and oxygen atoms in total. The Morgan fingerprint density at radius 3 is 2.56 bits per heavy atom. The Morgan fingerprint density at radius 2 is 1.81 bits per heavy atom. The molecule has 0 N–H and O–H groups in total. The molecule has 136 valence electrons. The molecule has 1 aliphatic rings. The average Bonchev–Trinajstić information content (AvgIpc) is 3.03. The molecule has 1 atom stereocenters. The lowest BCUT2D eigenvalue weighted by atomic mass is 10.1. The van der Waals surface area contributed by atoms with E-state index in [-0.39, 0.29) is 29.0 Å². The monoisotopic (exact) mass is 361 g/mol. The summed E-state index contributed by atoms with van der Waals surface area (Å²) in [6.07, 6.45) is 0.780. The number of rotatable bonds is 3. The molecule has 1 aliphatic heterocycles. The van der Waals surface area contributed by atoms with Crippen molar-refractivity contribution in [1.82, 2.24) is 9.78 Å². The van der Waals surface area contributed by atoms with Gasteiger partial charge in [0.15, 0.2) is 11.4 Å². The van der Waals surface area contributed by atoms with Crippen LogP contribution in [-0.2, 0) is 6.42 Å². The molecule has 0 saturated heterocycles. The molecule has 27 heavy (non-hydrogen) atoms. The van der Waals surface area contributed by atoms with Crippen LogP contribution in [0.15, 0.2) is 65.5 Å². The van der Waals surface area contributed by atoms with Crippen LogP contribution < -0.4 is 15.2 Å². The summed E-state index contributed by atoms with van der Waals surface area (Å²) < 4.78 is 6.52. The minimum atomic E-state index is -0.357. The lowest BCUT2D eigenvalue weighted by molar-refractivity contribution is 0.0971. The molecule has 1 aromatic heterocycles. The second-order valence-electron chi connectivity index (χ2n) is 6.50. The summed E-state index contributed by atoms with van der Waals surface area (Å²) in [5, 5.41) is 4.35. The van der Waals surface area contributed by atoms with E-state index < -0.39 is 0 Å². The third kappa shape index (κ3) is 2.89. The van der Waals surface area contributed by atoms with Crippen LogP contribution in [0.25, 0.3) is 5.69 Å². The molecule has 0 saturated carbocycles. The molecule has 0 unspecified atom stereocenters. The Kier molecular flexibility index (Phi) is 4.24. The van der Waals surface area contributed by atoms with Crippen molar-refractivity contribution in [3.8, 4) is 11.4 Å². The third-order valence-electron chi connectivity index (χ3n) is 4.75. The summed E-state index contributed by atoms with van der Waals surface area (Å²) in [6.45, 7) is 2.00. The average molecular weight is 361 g/mol. The number of fused-ring (bicyclic) bond motifs is 1. The molecule has 1 amide bonds. The zero-order valence-electron chi connectivity index (χ0n) is 15.1. The molecular formula is C21H19N3O3. The van der Waals surface area contributed by atoms with Crippen LogP contribution in [0.4, 0.5) is 5.69 Å².